The van der Waals surface area contributed by atoms with Gasteiger partial charge in [0.2, 0.25) is 17.7 Å². The average Bonchev–Trinajstić information content (AvgIpc) is 3.32. The number of nitrogens with two attached hydrogens (primary N) is 2. The average molecular weight is 538 g/mol. The van der Waals surface area contributed by atoms with Crippen LogP contribution in [0.2, 0.25) is 0 Å². The van der Waals surface area contributed by atoms with Crippen LogP contribution in [0, 0.1) is 11.8 Å². The van der Waals surface area contributed by atoms with Gasteiger partial charge in [0.15, 0.2) is 5.96 Å². The molecule has 3 amide bonds. The van der Waals surface area contributed by atoms with E-state index in [9.17, 15) is 29.4 Å². The second-order valence-electron chi connectivity index (χ2n) is 10.2. The maximum Gasteiger partial charge on any atom is 0.353 e. The molecule has 37 heavy (non-hydrogen) atoms. The van der Waals surface area contributed by atoms with E-state index in [0.717, 1.165) is 0 Å². The van der Waals surface area contributed by atoms with E-state index in [0.29, 0.717) is 44.0 Å². The Balaban J connectivity index is 1.37. The first-order valence-corrected chi connectivity index (χ1v) is 13.3. The molecule has 4 rings (SSSR count). The quantitative estimate of drug-likeness (QED) is 0.159. The molecule has 6 atom stereocenters. The van der Waals surface area contributed by atoms with E-state index in [-0.39, 0.29) is 59.2 Å². The Morgan fingerprint density at radius 1 is 1.16 bits per heavy atom. The number of likely N-dealkylation sites (tertiary alicyclic amines) is 1. The molecule has 3 fully saturated rings. The number of aliphatic carboxylic acids is 1. The third-order valence-electron chi connectivity index (χ3n) is 7.74. The number of carboxylic acids is 1. The van der Waals surface area contributed by atoms with Crippen molar-refractivity contribution in [1.82, 2.24) is 19.6 Å². The van der Waals surface area contributed by atoms with Crippen LogP contribution < -0.4 is 11.5 Å². The van der Waals surface area contributed by atoms with Crippen molar-refractivity contribution in [3.63, 3.8) is 0 Å². The fourth-order valence-electron chi connectivity index (χ4n) is 5.83. The first-order chi connectivity index (χ1) is 17.4. The van der Waals surface area contributed by atoms with Crippen LogP contribution in [0.3, 0.4) is 0 Å². The highest BCUT2D eigenvalue weighted by Crippen LogP contribution is 2.52. The van der Waals surface area contributed by atoms with Crippen molar-refractivity contribution in [3.05, 3.63) is 10.6 Å². The van der Waals surface area contributed by atoms with Crippen molar-refractivity contribution < 1.29 is 29.4 Å². The molecule has 0 spiro atoms. The van der Waals surface area contributed by atoms with Crippen molar-refractivity contribution >= 4 is 41.4 Å². The number of piperazine rings is 1. The normalized spacial score (nSPS) is 30.8. The zero-order valence-electron chi connectivity index (χ0n) is 21.2. The predicted octanol–water partition coefficient (Wildman–Crippen LogP) is -2.11. The Kier molecular flexibility index (Phi) is 7.72. The molecule has 4 aliphatic rings. The lowest BCUT2D eigenvalue weighted by Gasteiger charge is -2.46. The van der Waals surface area contributed by atoms with Gasteiger partial charge < -0.3 is 36.4 Å². The highest BCUT2D eigenvalue weighted by molar-refractivity contribution is 8.03. The SMILES string of the molecule is CC(O)C1C(=O)N2C(C(=O)O)=C(SC3CC(C(=O)N4CCN(C(=O)CN=C(N)N)CC4)N(C)C3)C(C)C12. The predicted molar refractivity (Wildman–Crippen MR) is 136 cm³/mol. The van der Waals surface area contributed by atoms with E-state index in [1.165, 1.54) is 16.7 Å². The molecular formula is C23H35N7O6S. The van der Waals surface area contributed by atoms with Crippen LogP contribution in [0.5, 0.6) is 0 Å². The summed E-state index contributed by atoms with van der Waals surface area (Å²) < 4.78 is 0. The van der Waals surface area contributed by atoms with Gasteiger partial charge in [0, 0.05) is 48.8 Å². The molecule has 0 bridgehead atoms. The number of amides is 3. The van der Waals surface area contributed by atoms with Crippen LogP contribution in [0.15, 0.2) is 15.6 Å². The van der Waals surface area contributed by atoms with Gasteiger partial charge in [0.25, 0.3) is 0 Å². The fraction of sp³-hybridized carbons (Fsp3) is 0.696. The van der Waals surface area contributed by atoms with Crippen molar-refractivity contribution in [2.75, 3.05) is 46.3 Å². The minimum atomic E-state index is -1.15. The topological polar surface area (TPSA) is 186 Å². The lowest BCUT2D eigenvalue weighted by molar-refractivity contribution is -0.163. The number of nitrogens with zero attached hydrogens (tertiary/aromatic N) is 5. The molecule has 0 aromatic rings. The van der Waals surface area contributed by atoms with Gasteiger partial charge in [-0.3, -0.25) is 19.3 Å². The van der Waals surface area contributed by atoms with Gasteiger partial charge in [-0.25, -0.2) is 9.79 Å². The Labute approximate surface area is 219 Å². The molecule has 0 radical (unpaired) electrons. The van der Waals surface area contributed by atoms with Gasteiger partial charge in [0.1, 0.15) is 12.2 Å². The van der Waals surface area contributed by atoms with E-state index in [1.54, 1.807) is 16.7 Å². The number of hydrogen-bond donors (Lipinski definition) is 4. The second-order valence-corrected chi connectivity index (χ2v) is 11.5. The standard InChI is InChI=1S/C23H35N7O6S/c1-11-17-16(12(2)31)21(34)30(17)18(22(35)36)19(11)37-13-8-14(27(3)10-13)20(33)29-6-4-28(5-7-29)15(32)9-26-23(24)25/h11-14,16-17,31H,4-10H2,1-3H3,(H,35,36)(H4,24,25,26). The number of aliphatic imine (C=N–C) groups is 1. The third-order valence-corrected chi connectivity index (χ3v) is 9.23. The van der Waals surface area contributed by atoms with Gasteiger partial charge in [-0.2, -0.15) is 0 Å². The number of fused-ring (bicyclic) bond motifs is 1. The van der Waals surface area contributed by atoms with Crippen molar-refractivity contribution in [1.29, 1.82) is 0 Å². The van der Waals surface area contributed by atoms with Crippen molar-refractivity contribution in [2.45, 2.75) is 43.7 Å². The number of aliphatic hydroxyl groups is 1. The lowest BCUT2D eigenvalue weighted by Crippen LogP contribution is -2.63. The summed E-state index contributed by atoms with van der Waals surface area (Å²) >= 11 is 1.43. The summed E-state index contributed by atoms with van der Waals surface area (Å²) in [6, 6.07) is -0.709. The van der Waals surface area contributed by atoms with Gasteiger partial charge in [0.05, 0.1) is 24.1 Å². The van der Waals surface area contributed by atoms with Gasteiger partial charge >= 0.3 is 5.97 Å². The lowest BCUT2D eigenvalue weighted by atomic mass is 9.79. The molecule has 0 aromatic carbocycles. The first kappa shape index (κ1) is 27.2. The number of rotatable bonds is 7. The van der Waals surface area contributed by atoms with Gasteiger partial charge in [-0.15, -0.1) is 11.8 Å². The summed E-state index contributed by atoms with van der Waals surface area (Å²) in [4.78, 5) is 61.3. The summed E-state index contributed by atoms with van der Waals surface area (Å²) in [6.07, 6.45) is -0.303. The number of hydrogen-bond acceptors (Lipinski definition) is 8. The number of thioether (sulfide) groups is 1. The summed E-state index contributed by atoms with van der Waals surface area (Å²) in [5, 5.41) is 19.9. The van der Waals surface area contributed by atoms with Crippen LogP contribution in [-0.4, -0.2) is 129 Å². The van der Waals surface area contributed by atoms with E-state index in [4.69, 9.17) is 11.5 Å². The number of guanidine groups is 1. The number of carbonyl (C=O) groups excluding carboxylic acids is 3. The molecule has 4 aliphatic heterocycles. The highest BCUT2D eigenvalue weighted by atomic mass is 32.2. The Bertz CT molecular complexity index is 1040. The molecule has 13 nitrogen and oxygen atoms in total. The van der Waals surface area contributed by atoms with Crippen molar-refractivity contribution in [2.24, 2.45) is 28.3 Å². The minimum Gasteiger partial charge on any atom is -0.477 e. The zero-order chi connectivity index (χ0) is 27.2. The van der Waals surface area contributed by atoms with E-state index in [2.05, 4.69) is 4.99 Å². The number of β-lactam (4-membered cyclic amide) rings is 1. The molecule has 6 N–H and O–H groups in total. The number of likely N-dealkylation sites (N-methyl/N-ethyl adjacent to an activating group) is 1. The smallest absolute Gasteiger partial charge is 0.353 e. The van der Waals surface area contributed by atoms with E-state index < -0.39 is 18.0 Å². The molecule has 0 saturated carbocycles. The fourth-order valence-corrected chi connectivity index (χ4v) is 7.43. The summed E-state index contributed by atoms with van der Waals surface area (Å²) in [5.41, 5.74) is 10.6. The largest absolute Gasteiger partial charge is 0.477 e. The molecule has 14 heteroatoms. The molecule has 4 heterocycles. The van der Waals surface area contributed by atoms with Crippen LogP contribution in [0.25, 0.3) is 0 Å². The highest BCUT2D eigenvalue weighted by Gasteiger charge is 2.60. The van der Waals surface area contributed by atoms with Gasteiger partial charge in [-0.05, 0) is 20.4 Å². The van der Waals surface area contributed by atoms with Crippen LogP contribution in [0.4, 0.5) is 0 Å². The number of aliphatic hydroxyl groups excluding tert-OH is 1. The molecule has 3 saturated heterocycles. The minimum absolute atomic E-state index is 0.00310. The van der Waals surface area contributed by atoms with Crippen molar-refractivity contribution in [3.8, 4) is 0 Å². The third kappa shape index (κ3) is 5.01. The maximum atomic E-state index is 13.3. The summed E-state index contributed by atoms with van der Waals surface area (Å²) in [7, 11) is 1.88. The first-order valence-electron chi connectivity index (χ1n) is 12.4. The van der Waals surface area contributed by atoms with Crippen LogP contribution in [-0.2, 0) is 19.2 Å². The molecule has 204 valence electrons. The Hall–Kier alpha value is -2.84. The Morgan fingerprint density at radius 3 is 2.35 bits per heavy atom. The van der Waals surface area contributed by atoms with E-state index in [1.807, 2.05) is 18.9 Å². The molecule has 0 aromatic heterocycles. The van der Waals surface area contributed by atoms with Gasteiger partial charge in [-0.1, -0.05) is 6.92 Å². The molecular weight excluding hydrogens is 502 g/mol. The van der Waals surface area contributed by atoms with Crippen LogP contribution in [0.1, 0.15) is 20.3 Å². The monoisotopic (exact) mass is 537 g/mol. The molecule has 6 unspecified atom stereocenters. The van der Waals surface area contributed by atoms with Crippen LogP contribution >= 0.6 is 11.8 Å². The molecule has 0 aliphatic carbocycles. The number of carbonyl (C=O) groups is 4. The Morgan fingerprint density at radius 2 is 1.78 bits per heavy atom. The zero-order valence-corrected chi connectivity index (χ0v) is 22.1. The maximum absolute atomic E-state index is 13.3. The van der Waals surface area contributed by atoms with E-state index >= 15 is 0 Å². The summed E-state index contributed by atoms with van der Waals surface area (Å²) in [5.74, 6) is -2.67. The second kappa shape index (κ2) is 10.5. The summed E-state index contributed by atoms with van der Waals surface area (Å²) in [6.45, 7) is 5.57. The number of carboxylic acid groups (broad SMARTS) is 1.